The van der Waals surface area contributed by atoms with Crippen LogP contribution in [-0.4, -0.2) is 16.5 Å². The third kappa shape index (κ3) is 2.42. The molecule has 0 aliphatic carbocycles. The van der Waals surface area contributed by atoms with Crippen LogP contribution >= 0.6 is 11.8 Å². The third-order valence-corrected chi connectivity index (χ3v) is 4.91. The standard InChI is InChI=1S/C14H18N2S/c1-11-6-3-4-7-13(11)16-14(10-15)8-5-9-17-12(14)2/h3-4,6-7,12,16H,5,8-9H2,1-2H3. The highest BCUT2D eigenvalue weighted by Gasteiger charge is 2.39. The lowest BCUT2D eigenvalue weighted by atomic mass is 9.90. The van der Waals surface area contributed by atoms with Crippen LogP contribution in [0.25, 0.3) is 0 Å². The summed E-state index contributed by atoms with van der Waals surface area (Å²) in [7, 11) is 0. The lowest BCUT2D eigenvalue weighted by molar-refractivity contribution is 0.512. The number of aryl methyl sites for hydroxylation is 1. The fraction of sp³-hybridized carbons (Fsp3) is 0.500. The summed E-state index contributed by atoms with van der Waals surface area (Å²) >= 11 is 1.89. The van der Waals surface area contributed by atoms with Gasteiger partial charge in [-0.3, -0.25) is 0 Å². The number of benzene rings is 1. The first-order chi connectivity index (χ1) is 8.18. The zero-order valence-corrected chi connectivity index (χ0v) is 11.2. The Kier molecular flexibility index (Phi) is 3.63. The van der Waals surface area contributed by atoms with E-state index in [1.807, 2.05) is 23.9 Å². The van der Waals surface area contributed by atoms with Gasteiger partial charge >= 0.3 is 0 Å². The van der Waals surface area contributed by atoms with Gasteiger partial charge in [-0.1, -0.05) is 18.2 Å². The maximum Gasteiger partial charge on any atom is 0.137 e. The topological polar surface area (TPSA) is 35.8 Å². The van der Waals surface area contributed by atoms with Crippen molar-refractivity contribution in [1.82, 2.24) is 0 Å². The van der Waals surface area contributed by atoms with Gasteiger partial charge < -0.3 is 5.32 Å². The van der Waals surface area contributed by atoms with E-state index >= 15 is 0 Å². The van der Waals surface area contributed by atoms with Crippen molar-refractivity contribution in [2.75, 3.05) is 11.1 Å². The molecule has 90 valence electrons. The van der Waals surface area contributed by atoms with Gasteiger partial charge in [0, 0.05) is 10.9 Å². The molecule has 1 aliphatic rings. The Morgan fingerprint density at radius 3 is 2.88 bits per heavy atom. The molecule has 1 aromatic rings. The zero-order valence-electron chi connectivity index (χ0n) is 10.4. The van der Waals surface area contributed by atoms with Crippen LogP contribution < -0.4 is 5.32 Å². The molecule has 0 saturated carbocycles. The molecular formula is C14H18N2S. The molecule has 1 aromatic carbocycles. The summed E-state index contributed by atoms with van der Waals surface area (Å²) < 4.78 is 0. The molecule has 2 nitrogen and oxygen atoms in total. The first kappa shape index (κ1) is 12.3. The van der Waals surface area contributed by atoms with Crippen LogP contribution in [0.3, 0.4) is 0 Å². The second kappa shape index (κ2) is 5.01. The number of hydrogen-bond donors (Lipinski definition) is 1. The normalized spacial score (nSPS) is 28.4. The molecule has 0 radical (unpaired) electrons. The Labute approximate surface area is 107 Å². The molecule has 2 unspecified atom stereocenters. The Morgan fingerprint density at radius 2 is 2.24 bits per heavy atom. The number of nitrogens with zero attached hydrogens (tertiary/aromatic N) is 1. The molecule has 1 N–H and O–H groups in total. The van der Waals surface area contributed by atoms with Gasteiger partial charge in [0.25, 0.3) is 0 Å². The van der Waals surface area contributed by atoms with Crippen LogP contribution in [0.2, 0.25) is 0 Å². The molecule has 1 heterocycles. The van der Waals surface area contributed by atoms with Gasteiger partial charge in [-0.25, -0.2) is 0 Å². The minimum atomic E-state index is -0.408. The first-order valence-electron chi connectivity index (χ1n) is 6.04. The molecule has 2 atom stereocenters. The van der Waals surface area contributed by atoms with Crippen molar-refractivity contribution in [2.24, 2.45) is 0 Å². The lowest BCUT2D eigenvalue weighted by Gasteiger charge is -2.38. The summed E-state index contributed by atoms with van der Waals surface area (Å²) in [5, 5.41) is 13.4. The number of rotatable bonds is 2. The summed E-state index contributed by atoms with van der Waals surface area (Å²) in [6.45, 7) is 4.23. The summed E-state index contributed by atoms with van der Waals surface area (Å²) in [6.07, 6.45) is 2.05. The van der Waals surface area contributed by atoms with E-state index in [0.717, 1.165) is 18.5 Å². The highest BCUT2D eigenvalue weighted by Crippen LogP contribution is 2.36. The number of nitriles is 1. The van der Waals surface area contributed by atoms with Crippen LogP contribution in [0.5, 0.6) is 0 Å². The first-order valence-corrected chi connectivity index (χ1v) is 7.09. The fourth-order valence-electron chi connectivity index (χ4n) is 2.25. The average Bonchev–Trinajstić information content (AvgIpc) is 2.35. The van der Waals surface area contributed by atoms with E-state index in [9.17, 15) is 5.26 Å². The van der Waals surface area contributed by atoms with E-state index in [1.165, 1.54) is 11.3 Å². The van der Waals surface area contributed by atoms with Crippen molar-refractivity contribution in [1.29, 1.82) is 5.26 Å². The summed E-state index contributed by atoms with van der Waals surface area (Å²) in [4.78, 5) is 0. The number of thioether (sulfide) groups is 1. The average molecular weight is 246 g/mol. The molecular weight excluding hydrogens is 228 g/mol. The van der Waals surface area contributed by atoms with Gasteiger partial charge in [0.05, 0.1) is 6.07 Å². The van der Waals surface area contributed by atoms with Crippen molar-refractivity contribution in [3.05, 3.63) is 29.8 Å². The molecule has 1 saturated heterocycles. The molecule has 3 heteroatoms. The van der Waals surface area contributed by atoms with Gasteiger partial charge in [0.15, 0.2) is 0 Å². The van der Waals surface area contributed by atoms with Gasteiger partial charge in [0.2, 0.25) is 0 Å². The van der Waals surface area contributed by atoms with Crippen LogP contribution in [0, 0.1) is 18.3 Å². The molecule has 0 bridgehead atoms. The molecule has 1 fully saturated rings. The monoisotopic (exact) mass is 246 g/mol. The van der Waals surface area contributed by atoms with Gasteiger partial charge in [-0.2, -0.15) is 17.0 Å². The fourth-order valence-corrected chi connectivity index (χ4v) is 3.43. The van der Waals surface area contributed by atoms with Crippen molar-refractivity contribution >= 4 is 17.4 Å². The highest BCUT2D eigenvalue weighted by molar-refractivity contribution is 8.00. The number of nitrogens with one attached hydrogen (secondary N) is 1. The van der Waals surface area contributed by atoms with Gasteiger partial charge in [0.1, 0.15) is 5.54 Å². The Hall–Kier alpha value is -1.14. The number of hydrogen-bond acceptors (Lipinski definition) is 3. The summed E-state index contributed by atoms with van der Waals surface area (Å²) in [6, 6.07) is 10.7. The maximum absolute atomic E-state index is 9.54. The maximum atomic E-state index is 9.54. The van der Waals surface area contributed by atoms with Crippen LogP contribution in [0.15, 0.2) is 24.3 Å². The molecule has 1 aliphatic heterocycles. The Balaban J connectivity index is 2.26. The van der Waals surface area contributed by atoms with Crippen molar-refractivity contribution < 1.29 is 0 Å². The van der Waals surface area contributed by atoms with E-state index < -0.39 is 5.54 Å². The van der Waals surface area contributed by atoms with Crippen molar-refractivity contribution in [2.45, 2.75) is 37.5 Å². The number of anilines is 1. The summed E-state index contributed by atoms with van der Waals surface area (Å²) in [5.41, 5.74) is 1.88. The quantitative estimate of drug-likeness (QED) is 0.866. The minimum Gasteiger partial charge on any atom is -0.366 e. The Morgan fingerprint density at radius 1 is 1.47 bits per heavy atom. The smallest absolute Gasteiger partial charge is 0.137 e. The molecule has 0 amide bonds. The van der Waals surface area contributed by atoms with E-state index in [0.29, 0.717) is 5.25 Å². The minimum absolute atomic E-state index is 0.334. The molecule has 2 rings (SSSR count). The number of para-hydroxylation sites is 1. The largest absolute Gasteiger partial charge is 0.366 e. The zero-order chi connectivity index (χ0) is 12.3. The predicted molar refractivity (Wildman–Crippen MR) is 74.3 cm³/mol. The third-order valence-electron chi connectivity index (χ3n) is 3.48. The second-order valence-corrected chi connectivity index (χ2v) is 6.09. The second-order valence-electron chi connectivity index (χ2n) is 4.64. The van der Waals surface area contributed by atoms with Crippen LogP contribution in [0.4, 0.5) is 5.69 Å². The van der Waals surface area contributed by atoms with E-state index in [4.69, 9.17) is 0 Å². The molecule has 0 aromatic heterocycles. The van der Waals surface area contributed by atoms with Crippen molar-refractivity contribution in [3.63, 3.8) is 0 Å². The summed E-state index contributed by atoms with van der Waals surface area (Å²) in [5.74, 6) is 1.17. The Bertz CT molecular complexity index is 438. The van der Waals surface area contributed by atoms with Gasteiger partial charge in [-0.15, -0.1) is 0 Å². The van der Waals surface area contributed by atoms with Crippen molar-refractivity contribution in [3.8, 4) is 6.07 Å². The van der Waals surface area contributed by atoms with E-state index in [1.54, 1.807) is 0 Å². The van der Waals surface area contributed by atoms with Crippen LogP contribution in [-0.2, 0) is 0 Å². The SMILES string of the molecule is Cc1ccccc1NC1(C#N)CCCSC1C. The predicted octanol–water partition coefficient (Wildman–Crippen LogP) is 3.58. The van der Waals surface area contributed by atoms with Crippen LogP contribution in [0.1, 0.15) is 25.3 Å². The lowest BCUT2D eigenvalue weighted by Crippen LogP contribution is -2.47. The molecule has 17 heavy (non-hydrogen) atoms. The highest BCUT2D eigenvalue weighted by atomic mass is 32.2. The van der Waals surface area contributed by atoms with E-state index in [2.05, 4.69) is 37.4 Å². The molecule has 0 spiro atoms. The van der Waals surface area contributed by atoms with E-state index in [-0.39, 0.29) is 0 Å². The van der Waals surface area contributed by atoms with Gasteiger partial charge in [-0.05, 0) is 44.1 Å².